The lowest BCUT2D eigenvalue weighted by Gasteiger charge is -2.34. The molecule has 94 valence electrons. The smallest absolute Gasteiger partial charge is 0.225 e. The third-order valence-corrected chi connectivity index (χ3v) is 3.75. The summed E-state index contributed by atoms with van der Waals surface area (Å²) in [5.41, 5.74) is 5.92. The van der Waals surface area contributed by atoms with E-state index in [1.54, 1.807) is 0 Å². The van der Waals surface area contributed by atoms with E-state index in [0.29, 0.717) is 17.9 Å². The molecule has 0 aromatic rings. The Hall–Kier alpha value is -0.570. The molecule has 1 aliphatic rings. The highest BCUT2D eigenvalue weighted by Crippen LogP contribution is 2.30. The monoisotopic (exact) mass is 226 g/mol. The summed E-state index contributed by atoms with van der Waals surface area (Å²) in [5.74, 6) is 0.981. The molecular formula is C13H26N2O. The highest BCUT2D eigenvalue weighted by atomic mass is 16.2. The molecule has 0 spiro atoms. The first kappa shape index (κ1) is 13.5. The van der Waals surface area contributed by atoms with Crippen LogP contribution in [0.15, 0.2) is 0 Å². The fourth-order valence-electron chi connectivity index (χ4n) is 2.59. The Kier molecular flexibility index (Phi) is 5.26. The van der Waals surface area contributed by atoms with E-state index in [1.165, 1.54) is 0 Å². The van der Waals surface area contributed by atoms with Crippen LogP contribution in [-0.2, 0) is 4.79 Å². The minimum absolute atomic E-state index is 0.210. The van der Waals surface area contributed by atoms with E-state index in [-0.39, 0.29) is 5.92 Å². The van der Waals surface area contributed by atoms with E-state index < -0.39 is 0 Å². The zero-order valence-electron chi connectivity index (χ0n) is 10.9. The second kappa shape index (κ2) is 6.24. The van der Waals surface area contributed by atoms with Gasteiger partial charge in [0.1, 0.15) is 0 Å². The molecule has 0 aliphatic heterocycles. The van der Waals surface area contributed by atoms with Crippen LogP contribution in [0.1, 0.15) is 46.0 Å². The van der Waals surface area contributed by atoms with Crippen LogP contribution in [0.4, 0.5) is 0 Å². The van der Waals surface area contributed by atoms with Gasteiger partial charge in [-0.15, -0.1) is 0 Å². The highest BCUT2D eigenvalue weighted by molar-refractivity contribution is 5.79. The lowest BCUT2D eigenvalue weighted by atomic mass is 9.77. The molecule has 1 amide bonds. The van der Waals surface area contributed by atoms with Crippen LogP contribution in [0.25, 0.3) is 0 Å². The molecule has 1 fully saturated rings. The Morgan fingerprint density at radius 3 is 2.69 bits per heavy atom. The average molecular weight is 226 g/mol. The minimum atomic E-state index is 0.210. The molecule has 3 heteroatoms. The lowest BCUT2D eigenvalue weighted by molar-refractivity contribution is -0.137. The standard InChI is InChI=1S/C13H26N2O/c1-4-5-8-15(3)13(16)12-7-6-11(14)9-10(12)2/h10-12H,4-9,14H2,1-3H3. The Labute approximate surface area is 99.4 Å². The second-order valence-corrected chi connectivity index (χ2v) is 5.27. The topological polar surface area (TPSA) is 46.3 Å². The van der Waals surface area contributed by atoms with E-state index in [4.69, 9.17) is 5.73 Å². The number of unbranched alkanes of at least 4 members (excludes halogenated alkanes) is 1. The van der Waals surface area contributed by atoms with E-state index in [1.807, 2.05) is 11.9 Å². The fraction of sp³-hybridized carbons (Fsp3) is 0.923. The van der Waals surface area contributed by atoms with Gasteiger partial charge in [-0.1, -0.05) is 20.3 Å². The highest BCUT2D eigenvalue weighted by Gasteiger charge is 2.32. The summed E-state index contributed by atoms with van der Waals surface area (Å²) < 4.78 is 0. The first-order valence-electron chi connectivity index (χ1n) is 6.56. The summed E-state index contributed by atoms with van der Waals surface area (Å²) in [7, 11) is 1.93. The molecule has 0 saturated heterocycles. The van der Waals surface area contributed by atoms with Crippen LogP contribution >= 0.6 is 0 Å². The minimum Gasteiger partial charge on any atom is -0.346 e. The van der Waals surface area contributed by atoms with Crippen molar-refractivity contribution in [1.29, 1.82) is 0 Å². The van der Waals surface area contributed by atoms with Gasteiger partial charge >= 0.3 is 0 Å². The number of carbonyl (C=O) groups is 1. The summed E-state index contributed by atoms with van der Waals surface area (Å²) in [6.07, 6.45) is 5.21. The normalized spacial score (nSPS) is 30.1. The maximum atomic E-state index is 12.2. The van der Waals surface area contributed by atoms with Crippen LogP contribution in [-0.4, -0.2) is 30.4 Å². The van der Waals surface area contributed by atoms with Crippen molar-refractivity contribution in [3.63, 3.8) is 0 Å². The molecule has 1 aliphatic carbocycles. The van der Waals surface area contributed by atoms with Gasteiger partial charge in [-0.05, 0) is 31.6 Å². The van der Waals surface area contributed by atoms with Gasteiger partial charge in [-0.3, -0.25) is 4.79 Å². The van der Waals surface area contributed by atoms with Crippen LogP contribution in [0.5, 0.6) is 0 Å². The molecule has 1 saturated carbocycles. The third kappa shape index (κ3) is 3.48. The van der Waals surface area contributed by atoms with Gasteiger partial charge in [-0.25, -0.2) is 0 Å². The Morgan fingerprint density at radius 1 is 1.44 bits per heavy atom. The van der Waals surface area contributed by atoms with Crippen molar-refractivity contribution in [1.82, 2.24) is 4.90 Å². The predicted molar refractivity (Wildman–Crippen MR) is 67.0 cm³/mol. The molecule has 1 rings (SSSR count). The van der Waals surface area contributed by atoms with E-state index in [9.17, 15) is 4.79 Å². The largest absolute Gasteiger partial charge is 0.346 e. The molecule has 3 unspecified atom stereocenters. The van der Waals surface area contributed by atoms with Gasteiger partial charge in [0, 0.05) is 25.6 Å². The van der Waals surface area contributed by atoms with Crippen LogP contribution in [0, 0.1) is 11.8 Å². The molecule has 16 heavy (non-hydrogen) atoms. The number of amides is 1. The van der Waals surface area contributed by atoms with Crippen molar-refractivity contribution in [3.8, 4) is 0 Å². The molecule has 2 N–H and O–H groups in total. The van der Waals surface area contributed by atoms with E-state index in [2.05, 4.69) is 13.8 Å². The lowest BCUT2D eigenvalue weighted by Crippen LogP contribution is -2.41. The third-order valence-electron chi connectivity index (χ3n) is 3.75. The van der Waals surface area contributed by atoms with Gasteiger partial charge in [-0.2, -0.15) is 0 Å². The first-order chi connectivity index (χ1) is 7.56. The number of hydrogen-bond acceptors (Lipinski definition) is 2. The molecule has 3 atom stereocenters. The quantitative estimate of drug-likeness (QED) is 0.797. The molecule has 0 heterocycles. The number of nitrogens with two attached hydrogens (primary N) is 1. The number of rotatable bonds is 4. The molecule has 3 nitrogen and oxygen atoms in total. The van der Waals surface area contributed by atoms with Crippen molar-refractivity contribution in [3.05, 3.63) is 0 Å². The van der Waals surface area contributed by atoms with Gasteiger partial charge in [0.25, 0.3) is 0 Å². The number of hydrogen-bond donors (Lipinski definition) is 1. The van der Waals surface area contributed by atoms with Crippen molar-refractivity contribution in [2.45, 2.75) is 52.0 Å². The second-order valence-electron chi connectivity index (χ2n) is 5.27. The fourth-order valence-corrected chi connectivity index (χ4v) is 2.59. The average Bonchev–Trinajstić information content (AvgIpc) is 2.25. The SMILES string of the molecule is CCCCN(C)C(=O)C1CCC(N)CC1C. The molecular weight excluding hydrogens is 200 g/mol. The van der Waals surface area contributed by atoms with Crippen molar-refractivity contribution >= 4 is 5.91 Å². The van der Waals surface area contributed by atoms with Crippen LogP contribution in [0.2, 0.25) is 0 Å². The van der Waals surface area contributed by atoms with Crippen molar-refractivity contribution in [2.24, 2.45) is 17.6 Å². The summed E-state index contributed by atoms with van der Waals surface area (Å²) in [6, 6.07) is 0.306. The van der Waals surface area contributed by atoms with Gasteiger partial charge in [0.15, 0.2) is 0 Å². The molecule has 0 bridgehead atoms. The van der Waals surface area contributed by atoms with Crippen molar-refractivity contribution < 1.29 is 4.79 Å². The summed E-state index contributed by atoms with van der Waals surface area (Å²) >= 11 is 0. The summed E-state index contributed by atoms with van der Waals surface area (Å²) in [6.45, 7) is 5.21. The predicted octanol–water partition coefficient (Wildman–Crippen LogP) is 2.01. The Morgan fingerprint density at radius 2 is 2.12 bits per heavy atom. The van der Waals surface area contributed by atoms with Gasteiger partial charge in [0.2, 0.25) is 5.91 Å². The zero-order valence-corrected chi connectivity index (χ0v) is 10.9. The molecule has 0 aromatic heterocycles. The van der Waals surface area contributed by atoms with Crippen LogP contribution < -0.4 is 5.73 Å². The Bertz CT molecular complexity index is 230. The van der Waals surface area contributed by atoms with Gasteiger partial charge < -0.3 is 10.6 Å². The maximum Gasteiger partial charge on any atom is 0.225 e. The number of nitrogens with zero attached hydrogens (tertiary/aromatic N) is 1. The van der Waals surface area contributed by atoms with Crippen LogP contribution in [0.3, 0.4) is 0 Å². The van der Waals surface area contributed by atoms with Crippen molar-refractivity contribution in [2.75, 3.05) is 13.6 Å². The zero-order chi connectivity index (χ0) is 12.1. The maximum absolute atomic E-state index is 12.2. The van der Waals surface area contributed by atoms with Gasteiger partial charge in [0.05, 0.1) is 0 Å². The molecule has 0 aromatic carbocycles. The summed E-state index contributed by atoms with van der Waals surface area (Å²) in [4.78, 5) is 14.1. The summed E-state index contributed by atoms with van der Waals surface area (Å²) in [5, 5.41) is 0. The number of carbonyl (C=O) groups excluding carboxylic acids is 1. The first-order valence-corrected chi connectivity index (χ1v) is 6.56. The van der Waals surface area contributed by atoms with E-state index in [0.717, 1.165) is 38.6 Å². The Balaban J connectivity index is 2.46. The molecule has 0 radical (unpaired) electrons. The van der Waals surface area contributed by atoms with E-state index >= 15 is 0 Å².